The molecule has 5 heteroatoms. The third kappa shape index (κ3) is 2.92. The number of ether oxygens (including phenoxy) is 1. The average Bonchev–Trinajstić information content (AvgIpc) is 2.41. The third-order valence-corrected chi connectivity index (χ3v) is 3.06. The molecule has 0 radical (unpaired) electrons. The first-order chi connectivity index (χ1) is 9.11. The fraction of sp³-hybridized carbons (Fsp3) is 0. The molecule has 0 saturated heterocycles. The molecule has 0 aliphatic rings. The van der Waals surface area contributed by atoms with Crippen LogP contribution in [-0.4, -0.2) is 11.1 Å². The molecule has 0 aliphatic carbocycles. The van der Waals surface area contributed by atoms with Gasteiger partial charge in [0, 0.05) is 0 Å². The van der Waals surface area contributed by atoms with Gasteiger partial charge in [0.2, 0.25) is 0 Å². The summed E-state index contributed by atoms with van der Waals surface area (Å²) in [6.07, 6.45) is 0. The fourth-order valence-electron chi connectivity index (χ4n) is 1.48. The Morgan fingerprint density at radius 3 is 2.63 bits per heavy atom. The van der Waals surface area contributed by atoms with Gasteiger partial charge in [0.25, 0.3) is 0 Å². The Kier molecular flexibility index (Phi) is 3.83. The smallest absolute Gasteiger partial charge is 0.335 e. The molecule has 0 bridgehead atoms. The number of para-hydroxylation sites is 1. The lowest BCUT2D eigenvalue weighted by Gasteiger charge is -2.09. The number of carboxylic acid groups (broad SMARTS) is 1. The van der Waals surface area contributed by atoms with Gasteiger partial charge in [-0.15, -0.1) is 0 Å². The molecule has 0 fully saturated rings. The number of hydrogen-bond donors (Lipinski definition) is 1. The summed E-state index contributed by atoms with van der Waals surface area (Å²) in [7, 11) is 0. The van der Waals surface area contributed by atoms with E-state index in [0.717, 1.165) is 0 Å². The van der Waals surface area contributed by atoms with Crippen LogP contribution in [-0.2, 0) is 0 Å². The highest BCUT2D eigenvalue weighted by Gasteiger charge is 2.10. The first-order valence-electron chi connectivity index (χ1n) is 5.31. The Morgan fingerprint density at radius 1 is 1.21 bits per heavy atom. The Balaban J connectivity index is 2.41. The summed E-state index contributed by atoms with van der Waals surface area (Å²) in [4.78, 5) is 10.9. The van der Waals surface area contributed by atoms with Gasteiger partial charge in [-0.3, -0.25) is 0 Å². The normalized spacial score (nSPS) is 9.68. The second-order valence-corrected chi connectivity index (χ2v) is 4.51. The molecule has 0 spiro atoms. The fourth-order valence-corrected chi connectivity index (χ4v) is 1.81. The average molecular weight is 318 g/mol. The summed E-state index contributed by atoms with van der Waals surface area (Å²) in [5.74, 6) is -0.304. The van der Waals surface area contributed by atoms with Crippen LogP contribution >= 0.6 is 15.9 Å². The van der Waals surface area contributed by atoms with Crippen LogP contribution in [0, 0.1) is 11.3 Å². The summed E-state index contributed by atoms with van der Waals surface area (Å²) < 4.78 is 6.21. The number of carboxylic acids is 1. The van der Waals surface area contributed by atoms with E-state index in [1.54, 1.807) is 30.3 Å². The molecule has 2 aromatic rings. The SMILES string of the molecule is N#Cc1ccccc1Oc1cc(C(=O)O)ccc1Br. The molecule has 19 heavy (non-hydrogen) atoms. The second kappa shape index (κ2) is 5.55. The van der Waals surface area contributed by atoms with E-state index in [0.29, 0.717) is 21.5 Å². The zero-order chi connectivity index (χ0) is 13.8. The van der Waals surface area contributed by atoms with Gasteiger partial charge >= 0.3 is 5.97 Å². The largest absolute Gasteiger partial charge is 0.478 e. The number of carbonyl (C=O) groups is 1. The van der Waals surface area contributed by atoms with Gasteiger partial charge in [0.1, 0.15) is 17.6 Å². The molecular weight excluding hydrogens is 310 g/mol. The second-order valence-electron chi connectivity index (χ2n) is 3.66. The van der Waals surface area contributed by atoms with Crippen molar-refractivity contribution in [3.63, 3.8) is 0 Å². The van der Waals surface area contributed by atoms with E-state index in [1.807, 2.05) is 6.07 Å². The first-order valence-corrected chi connectivity index (χ1v) is 6.11. The molecule has 0 unspecified atom stereocenters. The Labute approximate surface area is 118 Å². The van der Waals surface area contributed by atoms with Crippen LogP contribution in [0.2, 0.25) is 0 Å². The van der Waals surface area contributed by atoms with Gasteiger partial charge in [-0.2, -0.15) is 5.26 Å². The highest BCUT2D eigenvalue weighted by atomic mass is 79.9. The molecule has 0 saturated carbocycles. The quantitative estimate of drug-likeness (QED) is 0.934. The van der Waals surface area contributed by atoms with Crippen molar-refractivity contribution >= 4 is 21.9 Å². The minimum Gasteiger partial charge on any atom is -0.478 e. The van der Waals surface area contributed by atoms with Crippen molar-refractivity contribution in [1.29, 1.82) is 5.26 Å². The van der Waals surface area contributed by atoms with Crippen LogP contribution in [0.5, 0.6) is 11.5 Å². The minimum absolute atomic E-state index is 0.118. The highest BCUT2D eigenvalue weighted by Crippen LogP contribution is 2.32. The van der Waals surface area contributed by atoms with E-state index in [2.05, 4.69) is 15.9 Å². The van der Waals surface area contributed by atoms with Crippen molar-refractivity contribution in [3.05, 3.63) is 58.1 Å². The molecule has 0 aromatic heterocycles. The number of aromatic carboxylic acids is 1. The van der Waals surface area contributed by atoms with Gasteiger partial charge in [-0.1, -0.05) is 12.1 Å². The van der Waals surface area contributed by atoms with Gasteiger partial charge in [0.05, 0.1) is 15.6 Å². The van der Waals surface area contributed by atoms with Crippen LogP contribution in [0.25, 0.3) is 0 Å². The van der Waals surface area contributed by atoms with Gasteiger partial charge in [-0.05, 0) is 46.3 Å². The van der Waals surface area contributed by atoms with E-state index < -0.39 is 5.97 Å². The van der Waals surface area contributed by atoms with Gasteiger partial charge < -0.3 is 9.84 Å². The number of benzene rings is 2. The maximum atomic E-state index is 10.9. The Hall–Kier alpha value is -2.32. The van der Waals surface area contributed by atoms with Crippen molar-refractivity contribution in [2.75, 3.05) is 0 Å². The monoisotopic (exact) mass is 317 g/mol. The van der Waals surface area contributed by atoms with Crippen molar-refractivity contribution in [2.24, 2.45) is 0 Å². The lowest BCUT2D eigenvalue weighted by Crippen LogP contribution is -1.97. The molecule has 94 valence electrons. The zero-order valence-electron chi connectivity index (χ0n) is 9.63. The lowest BCUT2D eigenvalue weighted by atomic mass is 10.2. The predicted molar refractivity (Wildman–Crippen MR) is 72.3 cm³/mol. The molecule has 2 rings (SSSR count). The summed E-state index contributed by atoms with van der Waals surface area (Å²) >= 11 is 3.28. The van der Waals surface area contributed by atoms with E-state index in [-0.39, 0.29) is 5.56 Å². The van der Waals surface area contributed by atoms with E-state index in [4.69, 9.17) is 15.1 Å². The van der Waals surface area contributed by atoms with Crippen LogP contribution in [0.4, 0.5) is 0 Å². The lowest BCUT2D eigenvalue weighted by molar-refractivity contribution is 0.0696. The summed E-state index contributed by atoms with van der Waals surface area (Å²) in [6, 6.07) is 13.2. The number of halogens is 1. The van der Waals surface area contributed by atoms with Crippen LogP contribution < -0.4 is 4.74 Å². The molecule has 1 N–H and O–H groups in total. The summed E-state index contributed by atoms with van der Waals surface area (Å²) in [5, 5.41) is 17.9. The molecule has 0 atom stereocenters. The molecule has 2 aromatic carbocycles. The summed E-state index contributed by atoms with van der Waals surface area (Å²) in [6.45, 7) is 0. The Bertz CT molecular complexity index is 677. The summed E-state index contributed by atoms with van der Waals surface area (Å²) in [5.41, 5.74) is 0.503. The Morgan fingerprint density at radius 2 is 1.95 bits per heavy atom. The molecule has 4 nitrogen and oxygen atoms in total. The van der Waals surface area contributed by atoms with Crippen molar-refractivity contribution in [1.82, 2.24) is 0 Å². The standard InChI is InChI=1S/C14H8BrNO3/c15-11-6-5-9(14(17)18)7-13(11)19-12-4-2-1-3-10(12)8-16/h1-7H,(H,17,18). The molecule has 0 heterocycles. The maximum Gasteiger partial charge on any atom is 0.335 e. The highest BCUT2D eigenvalue weighted by molar-refractivity contribution is 9.10. The molecular formula is C14H8BrNO3. The van der Waals surface area contributed by atoms with E-state index in [9.17, 15) is 4.79 Å². The van der Waals surface area contributed by atoms with Crippen LogP contribution in [0.1, 0.15) is 15.9 Å². The number of nitrogens with zero attached hydrogens (tertiary/aromatic N) is 1. The number of nitriles is 1. The van der Waals surface area contributed by atoms with Crippen LogP contribution in [0.3, 0.4) is 0 Å². The van der Waals surface area contributed by atoms with Crippen LogP contribution in [0.15, 0.2) is 46.9 Å². The number of rotatable bonds is 3. The topological polar surface area (TPSA) is 70.3 Å². The third-order valence-electron chi connectivity index (χ3n) is 2.41. The molecule has 0 amide bonds. The minimum atomic E-state index is -1.04. The van der Waals surface area contributed by atoms with E-state index >= 15 is 0 Å². The maximum absolute atomic E-state index is 10.9. The van der Waals surface area contributed by atoms with Gasteiger partial charge in [-0.25, -0.2) is 4.79 Å². The van der Waals surface area contributed by atoms with E-state index in [1.165, 1.54) is 12.1 Å². The number of hydrogen-bond acceptors (Lipinski definition) is 3. The predicted octanol–water partition coefficient (Wildman–Crippen LogP) is 3.81. The van der Waals surface area contributed by atoms with Gasteiger partial charge in [0.15, 0.2) is 0 Å². The van der Waals surface area contributed by atoms with Crippen molar-refractivity contribution in [2.45, 2.75) is 0 Å². The van der Waals surface area contributed by atoms with Crippen molar-refractivity contribution in [3.8, 4) is 17.6 Å². The zero-order valence-corrected chi connectivity index (χ0v) is 11.2. The first kappa shape index (κ1) is 13.1. The van der Waals surface area contributed by atoms with Crippen molar-refractivity contribution < 1.29 is 14.6 Å². The molecule has 0 aliphatic heterocycles.